The number of amides is 2. The molecule has 1 heterocycles. The Balaban J connectivity index is 1.59. The van der Waals surface area contributed by atoms with Gasteiger partial charge in [-0.1, -0.05) is 12.8 Å². The van der Waals surface area contributed by atoms with Crippen LogP contribution in [0.2, 0.25) is 0 Å². The Labute approximate surface area is 155 Å². The van der Waals surface area contributed by atoms with Crippen LogP contribution in [0.5, 0.6) is 5.75 Å². The zero-order valence-corrected chi connectivity index (χ0v) is 16.0. The molecule has 1 saturated carbocycles. The molecule has 2 aliphatic rings. The van der Waals surface area contributed by atoms with Gasteiger partial charge in [0.25, 0.3) is 0 Å². The van der Waals surface area contributed by atoms with Crippen LogP contribution in [0.1, 0.15) is 32.1 Å². The lowest BCUT2D eigenvalue weighted by molar-refractivity contribution is -0.126. The number of likely N-dealkylation sites (N-methyl/N-ethyl adjacent to an activating group) is 1. The van der Waals surface area contributed by atoms with E-state index in [0.717, 1.165) is 24.3 Å². The summed E-state index contributed by atoms with van der Waals surface area (Å²) in [4.78, 5) is 29.0. The van der Waals surface area contributed by atoms with Gasteiger partial charge >= 0.3 is 0 Å². The van der Waals surface area contributed by atoms with Crippen molar-refractivity contribution in [2.45, 2.75) is 37.6 Å². The molecule has 1 aromatic carbocycles. The van der Waals surface area contributed by atoms with Gasteiger partial charge in [0.2, 0.25) is 11.8 Å². The number of carbonyl (C=O) groups excluding carboxylic acids is 2. The quantitative estimate of drug-likeness (QED) is 0.844. The predicted octanol–water partition coefficient (Wildman–Crippen LogP) is 2.04. The number of methoxy groups -OCH3 is 1. The van der Waals surface area contributed by atoms with Gasteiger partial charge in [-0.2, -0.15) is 0 Å². The normalized spacial score (nSPS) is 22.1. The van der Waals surface area contributed by atoms with Gasteiger partial charge in [-0.15, -0.1) is 0 Å². The van der Waals surface area contributed by atoms with Gasteiger partial charge in [0.15, 0.2) is 0 Å². The second kappa shape index (κ2) is 7.66. The first-order valence-corrected chi connectivity index (χ1v) is 9.35. The summed E-state index contributed by atoms with van der Waals surface area (Å²) in [6.07, 6.45) is 4.92. The van der Waals surface area contributed by atoms with Crippen molar-refractivity contribution in [1.82, 2.24) is 10.2 Å². The molecule has 0 spiro atoms. The van der Waals surface area contributed by atoms with Gasteiger partial charge in [0, 0.05) is 30.7 Å². The Bertz CT molecular complexity index is 651. The van der Waals surface area contributed by atoms with Crippen LogP contribution < -0.4 is 15.0 Å². The third kappa shape index (κ3) is 3.70. The van der Waals surface area contributed by atoms with Crippen LogP contribution in [0, 0.1) is 5.92 Å². The molecule has 1 unspecified atom stereocenters. The fraction of sp³-hybridized carbons (Fsp3) is 0.600. The largest absolute Gasteiger partial charge is 0.497 e. The first kappa shape index (κ1) is 18.7. The maximum atomic E-state index is 12.7. The summed E-state index contributed by atoms with van der Waals surface area (Å²) in [5.74, 6) is 0.450. The number of ether oxygens (including phenoxy) is 1. The molecule has 0 bridgehead atoms. The highest BCUT2D eigenvalue weighted by atomic mass is 16.5. The molecule has 1 N–H and O–H groups in total. The molecule has 1 aliphatic carbocycles. The highest BCUT2D eigenvalue weighted by molar-refractivity contribution is 6.00. The van der Waals surface area contributed by atoms with E-state index in [1.54, 1.807) is 12.0 Å². The van der Waals surface area contributed by atoms with Gasteiger partial charge < -0.3 is 19.9 Å². The molecule has 0 radical (unpaired) electrons. The fourth-order valence-corrected chi connectivity index (χ4v) is 4.11. The van der Waals surface area contributed by atoms with Crippen LogP contribution in [0.15, 0.2) is 24.3 Å². The topological polar surface area (TPSA) is 61.9 Å². The Morgan fingerprint density at radius 1 is 1.27 bits per heavy atom. The molecule has 2 amide bonds. The molecule has 6 heteroatoms. The van der Waals surface area contributed by atoms with E-state index < -0.39 is 0 Å². The van der Waals surface area contributed by atoms with Gasteiger partial charge in [-0.25, -0.2) is 0 Å². The van der Waals surface area contributed by atoms with Crippen LogP contribution in [-0.4, -0.2) is 56.5 Å². The Kier molecular flexibility index (Phi) is 5.51. The van der Waals surface area contributed by atoms with Crippen LogP contribution in [-0.2, 0) is 9.59 Å². The van der Waals surface area contributed by atoms with Crippen LogP contribution in [0.3, 0.4) is 0 Å². The highest BCUT2D eigenvalue weighted by Gasteiger charge is 2.39. The number of hydrogen-bond acceptors (Lipinski definition) is 4. The van der Waals surface area contributed by atoms with Gasteiger partial charge in [0.1, 0.15) is 5.75 Å². The molecule has 2 fully saturated rings. The monoisotopic (exact) mass is 359 g/mol. The summed E-state index contributed by atoms with van der Waals surface area (Å²) in [6.45, 7) is 1.10. The third-order valence-electron chi connectivity index (χ3n) is 5.95. The van der Waals surface area contributed by atoms with Crippen LogP contribution >= 0.6 is 0 Å². The van der Waals surface area contributed by atoms with E-state index in [4.69, 9.17) is 4.74 Å². The van der Waals surface area contributed by atoms with Crippen LogP contribution in [0.25, 0.3) is 0 Å². The molecule has 142 valence electrons. The van der Waals surface area contributed by atoms with Crippen molar-refractivity contribution in [2.75, 3.05) is 39.2 Å². The average Bonchev–Trinajstić information content (AvgIpc) is 3.27. The van der Waals surface area contributed by atoms with Gasteiger partial charge in [-0.3, -0.25) is 9.59 Å². The van der Waals surface area contributed by atoms with E-state index in [9.17, 15) is 9.59 Å². The van der Waals surface area contributed by atoms with Crippen molar-refractivity contribution in [2.24, 2.45) is 5.92 Å². The van der Waals surface area contributed by atoms with Crippen molar-refractivity contribution >= 4 is 17.5 Å². The number of rotatable bonds is 6. The average molecular weight is 359 g/mol. The van der Waals surface area contributed by atoms with E-state index in [2.05, 4.69) is 24.3 Å². The van der Waals surface area contributed by atoms with E-state index in [1.165, 1.54) is 12.8 Å². The third-order valence-corrected chi connectivity index (χ3v) is 5.95. The maximum Gasteiger partial charge on any atom is 0.227 e. The molecule has 0 aromatic heterocycles. The van der Waals surface area contributed by atoms with E-state index in [1.807, 2.05) is 24.3 Å². The summed E-state index contributed by atoms with van der Waals surface area (Å²) in [6, 6.07) is 7.38. The molecule has 1 saturated heterocycles. The minimum atomic E-state index is -0.287. The maximum absolute atomic E-state index is 12.7. The molecule has 26 heavy (non-hydrogen) atoms. The number of hydrogen-bond donors (Lipinski definition) is 1. The van der Waals surface area contributed by atoms with Crippen molar-refractivity contribution < 1.29 is 14.3 Å². The minimum Gasteiger partial charge on any atom is -0.497 e. The molecular weight excluding hydrogens is 330 g/mol. The zero-order valence-electron chi connectivity index (χ0n) is 16.0. The number of benzene rings is 1. The summed E-state index contributed by atoms with van der Waals surface area (Å²) in [7, 11) is 5.78. The first-order chi connectivity index (χ1) is 12.4. The second-order valence-electron chi connectivity index (χ2n) is 7.65. The predicted molar refractivity (Wildman–Crippen MR) is 101 cm³/mol. The van der Waals surface area contributed by atoms with E-state index >= 15 is 0 Å². The zero-order chi connectivity index (χ0) is 18.7. The molecular formula is C20H29N3O3. The summed E-state index contributed by atoms with van der Waals surface area (Å²) in [5.41, 5.74) is 0.875. The number of nitrogens with zero attached hydrogens (tertiary/aromatic N) is 2. The molecule has 6 nitrogen and oxygen atoms in total. The summed E-state index contributed by atoms with van der Waals surface area (Å²) in [5, 5.41) is 3.12. The molecule has 3 rings (SSSR count). The second-order valence-corrected chi connectivity index (χ2v) is 7.65. The number of anilines is 1. The van der Waals surface area contributed by atoms with Crippen molar-refractivity contribution in [3.63, 3.8) is 0 Å². The van der Waals surface area contributed by atoms with Crippen molar-refractivity contribution in [1.29, 1.82) is 0 Å². The fourth-order valence-electron chi connectivity index (χ4n) is 4.11. The number of nitrogens with one attached hydrogen (secondary N) is 1. The van der Waals surface area contributed by atoms with Crippen LogP contribution in [0.4, 0.5) is 5.69 Å². The standard InChI is InChI=1S/C20H29N3O3/c1-22(2)20(10-4-5-11-20)14-21-19(25)15-12-18(24)23(13-15)16-6-8-17(26-3)9-7-16/h6-9,15H,4-5,10-14H2,1-3H3,(H,21,25). The van der Waals surface area contributed by atoms with Crippen molar-refractivity contribution in [3.05, 3.63) is 24.3 Å². The highest BCUT2D eigenvalue weighted by Crippen LogP contribution is 2.33. The van der Waals surface area contributed by atoms with Gasteiger partial charge in [0.05, 0.1) is 13.0 Å². The van der Waals surface area contributed by atoms with E-state index in [0.29, 0.717) is 13.1 Å². The van der Waals surface area contributed by atoms with E-state index in [-0.39, 0.29) is 29.7 Å². The van der Waals surface area contributed by atoms with Gasteiger partial charge in [-0.05, 0) is 51.2 Å². The lowest BCUT2D eigenvalue weighted by atomic mass is 9.95. The Morgan fingerprint density at radius 3 is 2.50 bits per heavy atom. The summed E-state index contributed by atoms with van der Waals surface area (Å²) >= 11 is 0. The lowest BCUT2D eigenvalue weighted by Crippen LogP contribution is -2.51. The van der Waals surface area contributed by atoms with Crippen molar-refractivity contribution in [3.8, 4) is 5.75 Å². The molecule has 1 aromatic rings. The Morgan fingerprint density at radius 2 is 1.92 bits per heavy atom. The lowest BCUT2D eigenvalue weighted by Gasteiger charge is -2.36. The smallest absolute Gasteiger partial charge is 0.227 e. The molecule has 1 atom stereocenters. The number of carbonyl (C=O) groups is 2. The first-order valence-electron chi connectivity index (χ1n) is 9.35. The Hall–Kier alpha value is -2.08. The molecule has 1 aliphatic heterocycles. The SMILES string of the molecule is COc1ccc(N2CC(C(=O)NCC3(N(C)C)CCCC3)CC2=O)cc1. The minimum absolute atomic E-state index is 0.00138. The summed E-state index contributed by atoms with van der Waals surface area (Å²) < 4.78 is 5.16.